The molecule has 0 aromatic heterocycles. The molecule has 0 amide bonds. The molecule has 0 saturated heterocycles. The van der Waals surface area contributed by atoms with Crippen molar-refractivity contribution in [2.24, 2.45) is 17.3 Å². The third-order valence-corrected chi connectivity index (χ3v) is 3.79. The second-order valence-corrected chi connectivity index (χ2v) is 7.07. The maximum atomic E-state index is 3.70. The van der Waals surface area contributed by atoms with Crippen LogP contribution in [0.15, 0.2) is 0 Å². The first-order valence-electron chi connectivity index (χ1n) is 7.13. The second kappa shape index (κ2) is 6.05. The Morgan fingerprint density at radius 2 is 1.75 bits per heavy atom. The van der Waals surface area contributed by atoms with Crippen molar-refractivity contribution in [2.75, 3.05) is 6.54 Å². The van der Waals surface area contributed by atoms with Crippen LogP contribution in [0.4, 0.5) is 0 Å². The lowest BCUT2D eigenvalue weighted by Crippen LogP contribution is -2.33. The summed E-state index contributed by atoms with van der Waals surface area (Å²) in [5.41, 5.74) is 0.457. The zero-order valence-electron chi connectivity index (χ0n) is 12.0. The van der Waals surface area contributed by atoms with Crippen LogP contribution in [-0.4, -0.2) is 12.6 Å². The molecule has 1 aliphatic rings. The standard InChI is InChI=1S/C15H31N/c1-12(2)7-6-8-13(15(3,4)5)11-16-14-9-10-14/h12-14,16H,6-11H2,1-5H3. The third-order valence-electron chi connectivity index (χ3n) is 3.79. The molecule has 0 heterocycles. The molecule has 1 saturated carbocycles. The van der Waals surface area contributed by atoms with Crippen molar-refractivity contribution in [3.8, 4) is 0 Å². The van der Waals surface area contributed by atoms with Gasteiger partial charge in [0.25, 0.3) is 0 Å². The summed E-state index contributed by atoms with van der Waals surface area (Å²) >= 11 is 0. The Kier molecular flexibility index (Phi) is 5.30. The van der Waals surface area contributed by atoms with Gasteiger partial charge in [-0.2, -0.15) is 0 Å². The monoisotopic (exact) mass is 225 g/mol. The molecule has 0 spiro atoms. The van der Waals surface area contributed by atoms with Crippen molar-refractivity contribution in [2.45, 2.75) is 72.8 Å². The van der Waals surface area contributed by atoms with Crippen molar-refractivity contribution in [3.63, 3.8) is 0 Å². The molecule has 0 aromatic carbocycles. The first-order chi connectivity index (χ1) is 7.39. The van der Waals surface area contributed by atoms with E-state index >= 15 is 0 Å². The molecular formula is C15H31N. The number of nitrogens with one attached hydrogen (secondary N) is 1. The molecule has 1 heteroatoms. The molecule has 1 fully saturated rings. The van der Waals surface area contributed by atoms with E-state index in [9.17, 15) is 0 Å². The van der Waals surface area contributed by atoms with Gasteiger partial charge in [0.05, 0.1) is 0 Å². The summed E-state index contributed by atoms with van der Waals surface area (Å²) in [6.07, 6.45) is 6.98. The smallest absolute Gasteiger partial charge is 0.00683 e. The fourth-order valence-corrected chi connectivity index (χ4v) is 2.21. The minimum Gasteiger partial charge on any atom is -0.314 e. The van der Waals surface area contributed by atoms with Crippen molar-refractivity contribution in [1.29, 1.82) is 0 Å². The van der Waals surface area contributed by atoms with Gasteiger partial charge in [0.1, 0.15) is 0 Å². The van der Waals surface area contributed by atoms with Gasteiger partial charge < -0.3 is 5.32 Å². The molecule has 0 radical (unpaired) electrons. The van der Waals surface area contributed by atoms with Gasteiger partial charge in [-0.15, -0.1) is 0 Å². The lowest BCUT2D eigenvalue weighted by molar-refractivity contribution is 0.210. The first kappa shape index (κ1) is 14.0. The summed E-state index contributed by atoms with van der Waals surface area (Å²) in [5.74, 6) is 1.70. The van der Waals surface area contributed by atoms with E-state index in [0.29, 0.717) is 5.41 Å². The van der Waals surface area contributed by atoms with Crippen LogP contribution < -0.4 is 5.32 Å². The Morgan fingerprint density at radius 3 is 2.19 bits per heavy atom. The maximum absolute atomic E-state index is 3.70. The van der Waals surface area contributed by atoms with Gasteiger partial charge in [0, 0.05) is 6.04 Å². The Hall–Kier alpha value is -0.0400. The van der Waals surface area contributed by atoms with Crippen LogP contribution in [0.1, 0.15) is 66.7 Å². The summed E-state index contributed by atoms with van der Waals surface area (Å²) in [5, 5.41) is 3.70. The van der Waals surface area contributed by atoms with Gasteiger partial charge in [-0.1, -0.05) is 47.5 Å². The van der Waals surface area contributed by atoms with Crippen LogP contribution in [0, 0.1) is 17.3 Å². The van der Waals surface area contributed by atoms with E-state index in [2.05, 4.69) is 39.9 Å². The highest BCUT2D eigenvalue weighted by molar-refractivity contribution is 4.84. The van der Waals surface area contributed by atoms with E-state index in [-0.39, 0.29) is 0 Å². The van der Waals surface area contributed by atoms with E-state index in [1.165, 1.54) is 38.6 Å². The predicted molar refractivity (Wildman–Crippen MR) is 72.7 cm³/mol. The fourth-order valence-electron chi connectivity index (χ4n) is 2.21. The second-order valence-electron chi connectivity index (χ2n) is 7.07. The van der Waals surface area contributed by atoms with Crippen LogP contribution in [0.3, 0.4) is 0 Å². The lowest BCUT2D eigenvalue weighted by atomic mass is 9.77. The molecule has 16 heavy (non-hydrogen) atoms. The summed E-state index contributed by atoms with van der Waals surface area (Å²) in [6.45, 7) is 13.1. The van der Waals surface area contributed by atoms with E-state index in [1.807, 2.05) is 0 Å². The van der Waals surface area contributed by atoms with Crippen LogP contribution in [0.2, 0.25) is 0 Å². The van der Waals surface area contributed by atoms with Crippen molar-refractivity contribution < 1.29 is 0 Å². The lowest BCUT2D eigenvalue weighted by Gasteiger charge is -2.31. The number of hydrogen-bond acceptors (Lipinski definition) is 1. The van der Waals surface area contributed by atoms with E-state index in [4.69, 9.17) is 0 Å². The van der Waals surface area contributed by atoms with E-state index < -0.39 is 0 Å². The summed E-state index contributed by atoms with van der Waals surface area (Å²) in [4.78, 5) is 0. The van der Waals surface area contributed by atoms with E-state index in [1.54, 1.807) is 0 Å². The van der Waals surface area contributed by atoms with Crippen molar-refractivity contribution >= 4 is 0 Å². The third kappa shape index (κ3) is 5.89. The van der Waals surface area contributed by atoms with Gasteiger partial charge in [0.15, 0.2) is 0 Å². The molecule has 1 atom stereocenters. The van der Waals surface area contributed by atoms with Crippen LogP contribution >= 0.6 is 0 Å². The normalized spacial score (nSPS) is 19.1. The summed E-state index contributed by atoms with van der Waals surface area (Å²) in [6, 6.07) is 0.856. The average Bonchev–Trinajstić information content (AvgIpc) is 2.91. The minimum atomic E-state index is 0.457. The molecule has 1 aliphatic carbocycles. The molecule has 1 rings (SSSR count). The summed E-state index contributed by atoms with van der Waals surface area (Å²) in [7, 11) is 0. The number of hydrogen-bond donors (Lipinski definition) is 1. The highest BCUT2D eigenvalue weighted by Gasteiger charge is 2.27. The molecule has 1 nitrogen and oxygen atoms in total. The maximum Gasteiger partial charge on any atom is 0.00683 e. The molecule has 0 aromatic rings. The minimum absolute atomic E-state index is 0.457. The van der Waals surface area contributed by atoms with Gasteiger partial charge in [-0.25, -0.2) is 0 Å². The predicted octanol–water partition coefficient (Wildman–Crippen LogP) is 4.23. The topological polar surface area (TPSA) is 12.0 Å². The molecule has 0 aliphatic heterocycles. The molecule has 96 valence electrons. The first-order valence-corrected chi connectivity index (χ1v) is 7.13. The number of rotatable bonds is 7. The van der Waals surface area contributed by atoms with Crippen LogP contribution in [0.5, 0.6) is 0 Å². The largest absolute Gasteiger partial charge is 0.314 e. The van der Waals surface area contributed by atoms with Crippen molar-refractivity contribution in [1.82, 2.24) is 5.32 Å². The van der Waals surface area contributed by atoms with Crippen molar-refractivity contribution in [3.05, 3.63) is 0 Å². The molecule has 1 N–H and O–H groups in total. The molecule has 1 unspecified atom stereocenters. The average molecular weight is 225 g/mol. The Balaban J connectivity index is 2.25. The highest BCUT2D eigenvalue weighted by Crippen LogP contribution is 2.31. The van der Waals surface area contributed by atoms with Gasteiger partial charge in [-0.05, 0) is 43.1 Å². The zero-order chi connectivity index (χ0) is 12.2. The quantitative estimate of drug-likeness (QED) is 0.684. The van der Waals surface area contributed by atoms with Crippen LogP contribution in [0.25, 0.3) is 0 Å². The van der Waals surface area contributed by atoms with E-state index in [0.717, 1.165) is 17.9 Å². The Bertz CT molecular complexity index is 186. The molecular weight excluding hydrogens is 194 g/mol. The zero-order valence-corrected chi connectivity index (χ0v) is 12.0. The SMILES string of the molecule is CC(C)CCCC(CNC1CC1)C(C)(C)C. The summed E-state index contributed by atoms with van der Waals surface area (Å²) < 4.78 is 0. The Morgan fingerprint density at radius 1 is 1.12 bits per heavy atom. The fraction of sp³-hybridized carbons (Fsp3) is 1.00. The Labute approximate surface area is 102 Å². The van der Waals surface area contributed by atoms with Crippen LogP contribution in [-0.2, 0) is 0 Å². The van der Waals surface area contributed by atoms with Gasteiger partial charge in [0.2, 0.25) is 0 Å². The highest BCUT2D eigenvalue weighted by atomic mass is 14.9. The molecule has 0 bridgehead atoms. The van der Waals surface area contributed by atoms with Gasteiger partial charge >= 0.3 is 0 Å². The van der Waals surface area contributed by atoms with Gasteiger partial charge in [-0.3, -0.25) is 0 Å².